The Labute approximate surface area is 115 Å². The molecule has 1 aromatic heterocycles. The van der Waals surface area contributed by atoms with E-state index in [-0.39, 0.29) is 17.3 Å². The number of aromatic nitrogens is 2. The zero-order valence-electron chi connectivity index (χ0n) is 11.2. The summed E-state index contributed by atoms with van der Waals surface area (Å²) < 4.78 is 10.1. The Morgan fingerprint density at radius 1 is 1.35 bits per heavy atom. The van der Waals surface area contributed by atoms with Crippen molar-refractivity contribution < 1.29 is 14.4 Å². The van der Waals surface area contributed by atoms with Crippen molar-refractivity contribution in [1.82, 2.24) is 9.97 Å². The summed E-state index contributed by atoms with van der Waals surface area (Å²) in [5.74, 6) is 5.26. The minimum atomic E-state index is -0.591. The lowest BCUT2D eigenvalue weighted by Gasteiger charge is -2.08. The van der Waals surface area contributed by atoms with Gasteiger partial charge in [0.2, 0.25) is 11.6 Å². The van der Waals surface area contributed by atoms with Crippen LogP contribution in [-0.2, 0) is 9.47 Å². The van der Waals surface area contributed by atoms with Gasteiger partial charge in [-0.05, 0) is 6.42 Å². The van der Waals surface area contributed by atoms with Gasteiger partial charge in [0.05, 0.1) is 18.1 Å². The first-order chi connectivity index (χ1) is 9.70. The van der Waals surface area contributed by atoms with E-state index >= 15 is 0 Å². The van der Waals surface area contributed by atoms with Gasteiger partial charge < -0.3 is 20.2 Å². The Morgan fingerprint density at radius 2 is 2.10 bits per heavy atom. The SMILES string of the molecule is COCCOCCCNc1ncnc(NN)c1[N+](=O)[O-]. The molecule has 1 rings (SSSR count). The minimum absolute atomic E-state index is 0.0381. The fraction of sp³-hybridized carbons (Fsp3) is 0.600. The van der Waals surface area contributed by atoms with Crippen molar-refractivity contribution in [3.8, 4) is 0 Å². The number of rotatable bonds is 10. The summed E-state index contributed by atoms with van der Waals surface area (Å²) in [5.41, 5.74) is 1.89. The zero-order chi connectivity index (χ0) is 14.8. The van der Waals surface area contributed by atoms with E-state index in [1.54, 1.807) is 7.11 Å². The predicted octanol–water partition coefficient (Wildman–Crippen LogP) is 0.135. The molecular formula is C10H18N6O4. The molecule has 0 saturated carbocycles. The summed E-state index contributed by atoms with van der Waals surface area (Å²) in [6.07, 6.45) is 1.87. The summed E-state index contributed by atoms with van der Waals surface area (Å²) in [6.45, 7) is 2.06. The van der Waals surface area contributed by atoms with Crippen molar-refractivity contribution in [2.24, 2.45) is 5.84 Å². The van der Waals surface area contributed by atoms with Gasteiger partial charge in [0.1, 0.15) is 6.33 Å². The van der Waals surface area contributed by atoms with Crippen molar-refractivity contribution in [2.75, 3.05) is 44.2 Å². The number of nitrogens with two attached hydrogens (primary N) is 1. The number of hydrazine groups is 1. The van der Waals surface area contributed by atoms with Gasteiger partial charge >= 0.3 is 5.69 Å². The van der Waals surface area contributed by atoms with Crippen LogP contribution in [0.3, 0.4) is 0 Å². The molecule has 0 aliphatic heterocycles. The lowest BCUT2D eigenvalue weighted by atomic mass is 10.4. The van der Waals surface area contributed by atoms with Crippen LogP contribution >= 0.6 is 0 Å². The van der Waals surface area contributed by atoms with Crippen molar-refractivity contribution in [1.29, 1.82) is 0 Å². The second-order valence-electron chi connectivity index (χ2n) is 3.71. The van der Waals surface area contributed by atoms with Crippen LogP contribution in [0.4, 0.5) is 17.3 Å². The Morgan fingerprint density at radius 3 is 2.75 bits per heavy atom. The number of nitrogen functional groups attached to an aromatic ring is 1. The minimum Gasteiger partial charge on any atom is -0.382 e. The highest BCUT2D eigenvalue weighted by atomic mass is 16.6. The van der Waals surface area contributed by atoms with Gasteiger partial charge in [0, 0.05) is 20.3 Å². The summed E-state index contributed by atoms with van der Waals surface area (Å²) in [7, 11) is 1.60. The van der Waals surface area contributed by atoms with Crippen LogP contribution in [0.1, 0.15) is 6.42 Å². The Balaban J connectivity index is 2.45. The molecule has 0 aliphatic rings. The number of nitrogens with one attached hydrogen (secondary N) is 2. The highest BCUT2D eigenvalue weighted by molar-refractivity contribution is 5.68. The average Bonchev–Trinajstić information content (AvgIpc) is 2.45. The molecule has 1 heterocycles. The van der Waals surface area contributed by atoms with E-state index in [1.807, 2.05) is 0 Å². The van der Waals surface area contributed by atoms with Crippen molar-refractivity contribution >= 4 is 17.3 Å². The number of nitrogens with zero attached hydrogens (tertiary/aromatic N) is 3. The number of methoxy groups -OCH3 is 1. The zero-order valence-corrected chi connectivity index (χ0v) is 11.2. The molecule has 0 saturated heterocycles. The second kappa shape index (κ2) is 8.96. The lowest BCUT2D eigenvalue weighted by molar-refractivity contribution is -0.383. The third-order valence-corrected chi connectivity index (χ3v) is 2.33. The fourth-order valence-corrected chi connectivity index (χ4v) is 1.41. The van der Waals surface area contributed by atoms with E-state index in [4.69, 9.17) is 15.3 Å². The lowest BCUT2D eigenvalue weighted by Crippen LogP contribution is -2.15. The molecule has 0 unspecified atom stereocenters. The third kappa shape index (κ3) is 4.91. The molecule has 0 atom stereocenters. The Kier molecular flexibility index (Phi) is 7.17. The topological polar surface area (TPSA) is 137 Å². The fourth-order valence-electron chi connectivity index (χ4n) is 1.41. The maximum atomic E-state index is 11.0. The van der Waals surface area contributed by atoms with Crippen LogP contribution in [0.5, 0.6) is 0 Å². The molecule has 10 heteroatoms. The molecule has 0 spiro atoms. The molecule has 0 radical (unpaired) electrons. The van der Waals surface area contributed by atoms with E-state index in [9.17, 15) is 10.1 Å². The molecule has 0 aliphatic carbocycles. The summed E-state index contributed by atoms with van der Waals surface area (Å²) >= 11 is 0. The van der Waals surface area contributed by atoms with E-state index in [0.29, 0.717) is 32.8 Å². The van der Waals surface area contributed by atoms with Crippen molar-refractivity contribution in [3.05, 3.63) is 16.4 Å². The second-order valence-corrected chi connectivity index (χ2v) is 3.71. The van der Waals surface area contributed by atoms with Crippen LogP contribution in [-0.4, -0.2) is 48.4 Å². The average molecular weight is 286 g/mol. The van der Waals surface area contributed by atoms with E-state index in [1.165, 1.54) is 6.33 Å². The molecule has 20 heavy (non-hydrogen) atoms. The van der Waals surface area contributed by atoms with E-state index < -0.39 is 4.92 Å². The largest absolute Gasteiger partial charge is 0.382 e. The number of hydrogen-bond acceptors (Lipinski definition) is 9. The summed E-state index contributed by atoms with van der Waals surface area (Å²) in [5, 5.41) is 13.8. The Hall–Kier alpha value is -2.04. The number of nitro groups is 1. The number of ether oxygens (including phenoxy) is 2. The van der Waals surface area contributed by atoms with Crippen LogP contribution in [0.15, 0.2) is 6.33 Å². The van der Waals surface area contributed by atoms with E-state index in [2.05, 4.69) is 20.7 Å². The third-order valence-electron chi connectivity index (χ3n) is 2.33. The molecule has 0 amide bonds. The molecule has 0 bridgehead atoms. The van der Waals surface area contributed by atoms with Crippen LogP contribution in [0.25, 0.3) is 0 Å². The Bertz CT molecular complexity index is 430. The van der Waals surface area contributed by atoms with Gasteiger partial charge in [-0.1, -0.05) is 0 Å². The molecular weight excluding hydrogens is 268 g/mol. The van der Waals surface area contributed by atoms with Gasteiger partial charge in [-0.15, -0.1) is 0 Å². The normalized spacial score (nSPS) is 10.3. The molecule has 112 valence electrons. The molecule has 4 N–H and O–H groups in total. The van der Waals surface area contributed by atoms with Gasteiger partial charge in [0.25, 0.3) is 0 Å². The first kappa shape index (κ1) is 16.0. The van der Waals surface area contributed by atoms with Gasteiger partial charge in [0.15, 0.2) is 0 Å². The number of hydrogen-bond donors (Lipinski definition) is 3. The highest BCUT2D eigenvalue weighted by Gasteiger charge is 2.21. The first-order valence-corrected chi connectivity index (χ1v) is 5.97. The van der Waals surface area contributed by atoms with Crippen LogP contribution in [0.2, 0.25) is 0 Å². The standard InChI is InChI=1S/C10H18N6O4/c1-19-5-6-20-4-2-3-12-9-8(16(17)18)10(15-11)14-7-13-9/h7H,2-6,11H2,1H3,(H2,12,13,14,15). The predicted molar refractivity (Wildman–Crippen MR) is 72.3 cm³/mol. The van der Waals surface area contributed by atoms with Crippen LogP contribution < -0.4 is 16.6 Å². The highest BCUT2D eigenvalue weighted by Crippen LogP contribution is 2.27. The van der Waals surface area contributed by atoms with Gasteiger partial charge in [-0.2, -0.15) is 0 Å². The molecule has 10 nitrogen and oxygen atoms in total. The maximum Gasteiger partial charge on any atom is 0.354 e. The first-order valence-electron chi connectivity index (χ1n) is 5.97. The van der Waals surface area contributed by atoms with Crippen molar-refractivity contribution in [2.45, 2.75) is 6.42 Å². The monoisotopic (exact) mass is 286 g/mol. The molecule has 0 aromatic carbocycles. The quantitative estimate of drug-likeness (QED) is 0.237. The maximum absolute atomic E-state index is 11.0. The molecule has 1 aromatic rings. The van der Waals surface area contributed by atoms with Gasteiger partial charge in [-0.3, -0.25) is 10.1 Å². The van der Waals surface area contributed by atoms with Crippen LogP contribution in [0, 0.1) is 10.1 Å². The smallest absolute Gasteiger partial charge is 0.354 e. The van der Waals surface area contributed by atoms with E-state index in [0.717, 1.165) is 0 Å². The molecule has 0 fully saturated rings. The van der Waals surface area contributed by atoms with Gasteiger partial charge in [-0.25, -0.2) is 15.8 Å². The van der Waals surface area contributed by atoms with Crippen molar-refractivity contribution in [3.63, 3.8) is 0 Å². The summed E-state index contributed by atoms with van der Waals surface area (Å²) in [6, 6.07) is 0. The number of anilines is 2. The summed E-state index contributed by atoms with van der Waals surface area (Å²) in [4.78, 5) is 17.9.